The van der Waals surface area contributed by atoms with Crippen LogP contribution in [0.4, 0.5) is 4.39 Å². The molecule has 4 rings (SSSR count). The number of carbonyl (C=O) groups excluding carboxylic acids is 2. The summed E-state index contributed by atoms with van der Waals surface area (Å²) in [4.78, 5) is 38.2. The van der Waals surface area contributed by atoms with E-state index in [1.165, 1.54) is 12.2 Å². The lowest BCUT2D eigenvalue weighted by Crippen LogP contribution is -2.69. The number of alkyl halides is 1. The van der Waals surface area contributed by atoms with Gasteiger partial charge in [0.2, 0.25) is 0 Å². The van der Waals surface area contributed by atoms with Crippen molar-refractivity contribution in [1.82, 2.24) is 0 Å². The van der Waals surface area contributed by atoms with Crippen molar-refractivity contribution in [2.24, 2.45) is 28.6 Å². The van der Waals surface area contributed by atoms with E-state index in [0.29, 0.717) is 24.8 Å². The molecule has 10 heteroatoms. The van der Waals surface area contributed by atoms with Crippen molar-refractivity contribution in [3.05, 3.63) is 23.8 Å². The first-order valence-electron chi connectivity index (χ1n) is 10.9. The third-order valence-electron chi connectivity index (χ3n) is 8.97. The summed E-state index contributed by atoms with van der Waals surface area (Å²) >= 11 is 0. The Hall–Kier alpha value is -1.22. The van der Waals surface area contributed by atoms with Crippen molar-refractivity contribution in [2.75, 3.05) is 6.61 Å². The fourth-order valence-electron chi connectivity index (χ4n) is 7.38. The van der Waals surface area contributed by atoms with Gasteiger partial charge in [-0.15, -0.1) is 0 Å². The molecule has 3 saturated carbocycles. The summed E-state index contributed by atoms with van der Waals surface area (Å²) in [6, 6.07) is 0. The van der Waals surface area contributed by atoms with Crippen molar-refractivity contribution in [2.45, 2.75) is 63.8 Å². The van der Waals surface area contributed by atoms with Crippen molar-refractivity contribution in [1.29, 1.82) is 0 Å². The minimum atomic E-state index is -3.41. The van der Waals surface area contributed by atoms with Crippen LogP contribution >= 0.6 is 8.25 Å². The standard InChI is InChI=1S/C22H30FO8P/c1-12-8-16-15-5-4-13-9-14(24)6-7-19(13,2)21(15,23)17(25)10-20(16,3)22(12,27)18(26)11-30-31-32(28)29/h6-7,9,12,15-17,25,27,32H,4-5,8,10-11H2,1-3H3,(H,28,29)/t12-,15+,16+,17+,19+,20+,21+,22+/m1/s1. The van der Waals surface area contributed by atoms with E-state index in [4.69, 9.17) is 4.89 Å². The van der Waals surface area contributed by atoms with Gasteiger partial charge in [0.15, 0.2) is 17.2 Å². The molecule has 9 atom stereocenters. The van der Waals surface area contributed by atoms with Crippen LogP contribution in [0, 0.1) is 28.6 Å². The van der Waals surface area contributed by atoms with E-state index in [-0.39, 0.29) is 12.2 Å². The summed E-state index contributed by atoms with van der Waals surface area (Å²) in [6.45, 7) is 4.37. The number of rotatable bonds is 5. The van der Waals surface area contributed by atoms with Crippen LogP contribution in [0.25, 0.3) is 0 Å². The third kappa shape index (κ3) is 2.95. The molecule has 4 aliphatic rings. The molecule has 0 saturated heterocycles. The Kier molecular flexibility index (Phi) is 5.72. The van der Waals surface area contributed by atoms with Crippen LogP contribution in [0.1, 0.15) is 46.5 Å². The molecule has 1 unspecified atom stereocenters. The molecule has 3 fully saturated rings. The van der Waals surface area contributed by atoms with Crippen LogP contribution in [0.5, 0.6) is 0 Å². The van der Waals surface area contributed by atoms with Gasteiger partial charge in [-0.1, -0.05) is 25.5 Å². The van der Waals surface area contributed by atoms with E-state index in [2.05, 4.69) is 9.56 Å². The summed E-state index contributed by atoms with van der Waals surface area (Å²) in [7, 11) is -3.41. The third-order valence-corrected chi connectivity index (χ3v) is 9.23. The first kappa shape index (κ1) is 23.9. The Morgan fingerprint density at radius 2 is 2.03 bits per heavy atom. The monoisotopic (exact) mass is 472 g/mol. The number of aliphatic hydroxyl groups excluding tert-OH is 1. The van der Waals surface area contributed by atoms with E-state index >= 15 is 4.39 Å². The molecule has 0 heterocycles. The minimum absolute atomic E-state index is 0.153. The zero-order valence-corrected chi connectivity index (χ0v) is 19.3. The second-order valence-corrected chi connectivity index (χ2v) is 10.9. The number of halogens is 1. The molecule has 0 radical (unpaired) electrons. The zero-order valence-electron chi connectivity index (χ0n) is 18.3. The number of hydrogen-bond donors (Lipinski definition) is 3. The molecule has 0 aromatic heterocycles. The van der Waals surface area contributed by atoms with E-state index < -0.39 is 66.6 Å². The average molecular weight is 472 g/mol. The molecule has 0 aromatic rings. The smallest absolute Gasteiger partial charge is 0.344 e. The number of Topliss-reactive ketones (excluding diaryl/α,β-unsaturated/α-hetero) is 1. The van der Waals surface area contributed by atoms with Gasteiger partial charge in [0, 0.05) is 16.7 Å². The van der Waals surface area contributed by atoms with E-state index in [1.807, 2.05) is 0 Å². The molecule has 0 spiro atoms. The number of ketones is 2. The highest BCUT2D eigenvalue weighted by Crippen LogP contribution is 2.70. The Morgan fingerprint density at radius 3 is 2.69 bits per heavy atom. The summed E-state index contributed by atoms with van der Waals surface area (Å²) in [5, 5.41) is 22.9. The fraction of sp³-hybridized carbons (Fsp3) is 0.727. The molecule has 4 aliphatic carbocycles. The van der Waals surface area contributed by atoms with Crippen LogP contribution < -0.4 is 0 Å². The predicted octanol–water partition coefficient (Wildman–Crippen LogP) is 2.23. The van der Waals surface area contributed by atoms with Gasteiger partial charge >= 0.3 is 8.25 Å². The molecule has 0 amide bonds. The molecule has 0 aliphatic heterocycles. The summed E-state index contributed by atoms with van der Waals surface area (Å²) in [5.41, 5.74) is -5.60. The van der Waals surface area contributed by atoms with E-state index in [1.54, 1.807) is 26.8 Å². The molecule has 8 nitrogen and oxygen atoms in total. The van der Waals surface area contributed by atoms with Crippen LogP contribution in [0.2, 0.25) is 0 Å². The first-order chi connectivity index (χ1) is 14.8. The SMILES string of the molecule is C[C@@H]1C[C@H]2[C@@H]3CCC4=CC(=O)C=C[C@]4(C)[C@@]3(F)[C@@H](O)C[C@]2(C)[C@@]1(O)C(=O)COO[PH](=O)O. The van der Waals surface area contributed by atoms with Gasteiger partial charge in [-0.3, -0.25) is 14.2 Å². The highest BCUT2D eigenvalue weighted by atomic mass is 31.1. The number of hydrogen-bond acceptors (Lipinski definition) is 7. The molecular formula is C22H30FO8P. The Bertz CT molecular complexity index is 935. The predicted molar refractivity (Wildman–Crippen MR) is 111 cm³/mol. The fourth-order valence-corrected chi connectivity index (χ4v) is 7.54. The van der Waals surface area contributed by atoms with Crippen LogP contribution in [0.15, 0.2) is 23.8 Å². The van der Waals surface area contributed by atoms with Crippen molar-refractivity contribution < 1.29 is 43.2 Å². The van der Waals surface area contributed by atoms with E-state index in [9.17, 15) is 24.4 Å². The van der Waals surface area contributed by atoms with Gasteiger partial charge in [0.25, 0.3) is 0 Å². The second-order valence-electron chi connectivity index (χ2n) is 10.2. The maximum Gasteiger partial charge on any atom is 0.344 e. The Morgan fingerprint density at radius 1 is 1.34 bits per heavy atom. The molecule has 32 heavy (non-hydrogen) atoms. The van der Waals surface area contributed by atoms with Crippen molar-refractivity contribution in [3.8, 4) is 0 Å². The molecule has 3 N–H and O–H groups in total. The summed E-state index contributed by atoms with van der Waals surface area (Å²) in [6.07, 6.45) is 3.98. The van der Waals surface area contributed by atoms with Crippen LogP contribution in [-0.4, -0.2) is 50.7 Å². The highest BCUT2D eigenvalue weighted by molar-refractivity contribution is 7.31. The first-order valence-corrected chi connectivity index (χ1v) is 12.2. The number of allylic oxidation sites excluding steroid dienone is 4. The zero-order chi connectivity index (χ0) is 23.7. The highest BCUT2D eigenvalue weighted by Gasteiger charge is 2.75. The van der Waals surface area contributed by atoms with Crippen LogP contribution in [0.3, 0.4) is 0 Å². The number of aliphatic hydroxyl groups is 2. The van der Waals surface area contributed by atoms with Gasteiger partial charge in [-0.05, 0) is 56.6 Å². The lowest BCUT2D eigenvalue weighted by molar-refractivity contribution is -0.234. The quantitative estimate of drug-likeness (QED) is 0.316. The molecule has 178 valence electrons. The number of fused-ring (bicyclic) bond motifs is 5. The summed E-state index contributed by atoms with van der Waals surface area (Å²) in [5.74, 6) is -2.52. The van der Waals surface area contributed by atoms with Crippen LogP contribution in [-0.2, 0) is 23.7 Å². The van der Waals surface area contributed by atoms with E-state index in [0.717, 1.165) is 0 Å². The minimum Gasteiger partial charge on any atom is -0.390 e. The number of carbonyl (C=O) groups is 2. The van der Waals surface area contributed by atoms with Crippen molar-refractivity contribution in [3.63, 3.8) is 0 Å². The largest absolute Gasteiger partial charge is 0.390 e. The van der Waals surface area contributed by atoms with Gasteiger partial charge in [0.05, 0.1) is 6.10 Å². The lowest BCUT2D eigenvalue weighted by atomic mass is 9.44. The maximum absolute atomic E-state index is 17.0. The molecule has 0 bridgehead atoms. The molecular weight excluding hydrogens is 442 g/mol. The van der Waals surface area contributed by atoms with Gasteiger partial charge in [-0.2, -0.15) is 4.67 Å². The maximum atomic E-state index is 17.0. The second kappa shape index (κ2) is 7.65. The lowest BCUT2D eigenvalue weighted by Gasteiger charge is -2.62. The average Bonchev–Trinajstić information content (AvgIpc) is 2.91. The molecule has 0 aromatic carbocycles. The van der Waals surface area contributed by atoms with Crippen molar-refractivity contribution >= 4 is 19.8 Å². The van der Waals surface area contributed by atoms with Gasteiger partial charge in [-0.25, -0.2) is 9.28 Å². The van der Waals surface area contributed by atoms with Gasteiger partial charge < -0.3 is 15.1 Å². The topological polar surface area (TPSA) is 130 Å². The van der Waals surface area contributed by atoms with Gasteiger partial charge in [0.1, 0.15) is 12.2 Å². The normalized spacial score (nSPS) is 48.5. The Balaban J connectivity index is 1.71. The summed E-state index contributed by atoms with van der Waals surface area (Å²) < 4.78 is 31.9. The Labute approximate surface area is 186 Å².